The van der Waals surface area contributed by atoms with Crippen LogP contribution in [0, 0.1) is 0 Å². The highest BCUT2D eigenvalue weighted by Crippen LogP contribution is 2.05. The average molecular weight is 183 g/mol. The Morgan fingerprint density at radius 1 is 1.62 bits per heavy atom. The third-order valence-corrected chi connectivity index (χ3v) is 1.67. The molecule has 1 aromatic rings. The summed E-state index contributed by atoms with van der Waals surface area (Å²) in [6, 6.07) is 0.406. The van der Waals surface area contributed by atoms with Crippen molar-refractivity contribution >= 4 is 5.95 Å². The molecule has 4 nitrogen and oxygen atoms in total. The number of imidazole rings is 1. The third-order valence-electron chi connectivity index (χ3n) is 1.67. The summed E-state index contributed by atoms with van der Waals surface area (Å²) in [6.07, 6.45) is 3.74. The molecule has 1 N–H and O–H groups in total. The fourth-order valence-electron chi connectivity index (χ4n) is 1.08. The zero-order valence-corrected chi connectivity index (χ0v) is 8.45. The normalized spacial score (nSPS) is 10.8. The van der Waals surface area contributed by atoms with Gasteiger partial charge in [-0.1, -0.05) is 0 Å². The summed E-state index contributed by atoms with van der Waals surface area (Å²) >= 11 is 0. The van der Waals surface area contributed by atoms with Crippen molar-refractivity contribution in [2.45, 2.75) is 26.4 Å². The molecule has 0 spiro atoms. The van der Waals surface area contributed by atoms with Crippen molar-refractivity contribution in [2.75, 3.05) is 19.0 Å². The van der Waals surface area contributed by atoms with E-state index in [1.165, 1.54) is 0 Å². The van der Waals surface area contributed by atoms with Crippen molar-refractivity contribution in [1.29, 1.82) is 0 Å². The smallest absolute Gasteiger partial charge is 0.203 e. The predicted molar refractivity (Wildman–Crippen MR) is 52.9 cm³/mol. The minimum atomic E-state index is 0.406. The van der Waals surface area contributed by atoms with Gasteiger partial charge in [-0.25, -0.2) is 4.98 Å². The van der Waals surface area contributed by atoms with E-state index in [9.17, 15) is 0 Å². The fraction of sp³-hybridized carbons (Fsp3) is 0.667. The third kappa shape index (κ3) is 3.06. The van der Waals surface area contributed by atoms with E-state index in [1.807, 2.05) is 10.8 Å². The molecule has 0 saturated carbocycles. The van der Waals surface area contributed by atoms with Gasteiger partial charge in [0.1, 0.15) is 0 Å². The number of rotatable bonds is 5. The summed E-state index contributed by atoms with van der Waals surface area (Å²) in [6.45, 7) is 5.74. The Bertz CT molecular complexity index is 245. The van der Waals surface area contributed by atoms with E-state index < -0.39 is 0 Å². The molecule has 0 bridgehead atoms. The zero-order valence-electron chi connectivity index (χ0n) is 8.45. The number of aromatic nitrogens is 2. The van der Waals surface area contributed by atoms with Gasteiger partial charge in [-0.05, 0) is 13.8 Å². The molecule has 0 unspecified atom stereocenters. The van der Waals surface area contributed by atoms with Gasteiger partial charge in [-0.3, -0.25) is 0 Å². The lowest BCUT2D eigenvalue weighted by molar-refractivity contribution is 0.187. The Morgan fingerprint density at radius 3 is 3.00 bits per heavy atom. The van der Waals surface area contributed by atoms with Crippen molar-refractivity contribution in [2.24, 2.45) is 0 Å². The standard InChI is InChI=1S/C9H17N3O/c1-8(2)11-9-10-4-5-12(9)6-7-13-3/h4-5,8H,6-7H2,1-3H3,(H,10,11). The average Bonchev–Trinajstić information content (AvgIpc) is 2.48. The molecule has 0 radical (unpaired) electrons. The number of anilines is 1. The fourth-order valence-corrected chi connectivity index (χ4v) is 1.08. The lowest BCUT2D eigenvalue weighted by Gasteiger charge is -2.11. The van der Waals surface area contributed by atoms with Crippen LogP contribution in [0.1, 0.15) is 13.8 Å². The molecule has 0 fully saturated rings. The highest BCUT2D eigenvalue weighted by atomic mass is 16.5. The summed E-state index contributed by atoms with van der Waals surface area (Å²) < 4.78 is 7.04. The maximum atomic E-state index is 5.00. The molecular formula is C9H17N3O. The summed E-state index contributed by atoms with van der Waals surface area (Å²) in [7, 11) is 1.70. The lowest BCUT2D eigenvalue weighted by atomic mass is 10.4. The summed E-state index contributed by atoms with van der Waals surface area (Å²) in [5.74, 6) is 0.909. The van der Waals surface area contributed by atoms with Crippen LogP contribution in [0.3, 0.4) is 0 Å². The Balaban J connectivity index is 2.55. The SMILES string of the molecule is COCCn1ccnc1NC(C)C. The van der Waals surface area contributed by atoms with Gasteiger partial charge in [0.2, 0.25) is 5.95 Å². The van der Waals surface area contributed by atoms with E-state index in [-0.39, 0.29) is 0 Å². The molecular weight excluding hydrogens is 166 g/mol. The first kappa shape index (κ1) is 10.1. The van der Waals surface area contributed by atoms with E-state index >= 15 is 0 Å². The Morgan fingerprint density at radius 2 is 2.38 bits per heavy atom. The van der Waals surface area contributed by atoms with Crippen molar-refractivity contribution in [1.82, 2.24) is 9.55 Å². The van der Waals surface area contributed by atoms with Crippen LogP contribution in [-0.2, 0) is 11.3 Å². The van der Waals surface area contributed by atoms with Crippen molar-refractivity contribution in [3.05, 3.63) is 12.4 Å². The Kier molecular flexibility index (Phi) is 3.76. The summed E-state index contributed by atoms with van der Waals surface area (Å²) in [5, 5.41) is 3.26. The van der Waals surface area contributed by atoms with Gasteiger partial charge in [-0.15, -0.1) is 0 Å². The molecule has 0 saturated heterocycles. The number of nitrogens with zero attached hydrogens (tertiary/aromatic N) is 2. The first-order valence-electron chi connectivity index (χ1n) is 4.50. The second kappa shape index (κ2) is 4.87. The number of hydrogen-bond donors (Lipinski definition) is 1. The molecule has 1 heterocycles. The van der Waals surface area contributed by atoms with Gasteiger partial charge in [0, 0.05) is 32.1 Å². The maximum absolute atomic E-state index is 5.00. The van der Waals surface area contributed by atoms with Crippen LogP contribution >= 0.6 is 0 Å². The molecule has 0 aliphatic heterocycles. The van der Waals surface area contributed by atoms with Crippen molar-refractivity contribution in [3.8, 4) is 0 Å². The van der Waals surface area contributed by atoms with Crippen molar-refractivity contribution in [3.63, 3.8) is 0 Å². The monoisotopic (exact) mass is 183 g/mol. The van der Waals surface area contributed by atoms with Crippen LogP contribution < -0.4 is 5.32 Å². The molecule has 0 atom stereocenters. The number of hydrogen-bond acceptors (Lipinski definition) is 3. The zero-order chi connectivity index (χ0) is 9.68. The number of nitrogens with one attached hydrogen (secondary N) is 1. The van der Waals surface area contributed by atoms with Gasteiger partial charge >= 0.3 is 0 Å². The van der Waals surface area contributed by atoms with Gasteiger partial charge in [0.15, 0.2) is 0 Å². The minimum absolute atomic E-state index is 0.406. The second-order valence-electron chi connectivity index (χ2n) is 3.24. The van der Waals surface area contributed by atoms with Gasteiger partial charge < -0.3 is 14.6 Å². The maximum Gasteiger partial charge on any atom is 0.203 e. The van der Waals surface area contributed by atoms with E-state index in [0.29, 0.717) is 12.6 Å². The van der Waals surface area contributed by atoms with E-state index in [0.717, 1.165) is 12.5 Å². The largest absolute Gasteiger partial charge is 0.383 e. The van der Waals surface area contributed by atoms with Crippen molar-refractivity contribution < 1.29 is 4.74 Å². The van der Waals surface area contributed by atoms with E-state index in [4.69, 9.17) is 4.74 Å². The molecule has 0 aliphatic carbocycles. The Labute approximate surface area is 78.9 Å². The topological polar surface area (TPSA) is 39.1 Å². The molecule has 1 rings (SSSR count). The molecule has 0 aromatic carbocycles. The number of methoxy groups -OCH3 is 1. The first-order chi connectivity index (χ1) is 6.24. The van der Waals surface area contributed by atoms with Gasteiger partial charge in [-0.2, -0.15) is 0 Å². The Hall–Kier alpha value is -1.03. The molecule has 74 valence electrons. The quantitative estimate of drug-likeness (QED) is 0.749. The van der Waals surface area contributed by atoms with Crippen LogP contribution in [-0.4, -0.2) is 29.3 Å². The molecule has 1 aromatic heterocycles. The van der Waals surface area contributed by atoms with E-state index in [1.54, 1.807) is 13.3 Å². The highest BCUT2D eigenvalue weighted by Gasteiger charge is 2.02. The second-order valence-corrected chi connectivity index (χ2v) is 3.24. The van der Waals surface area contributed by atoms with Crippen LogP contribution in [0.15, 0.2) is 12.4 Å². The molecule has 4 heteroatoms. The summed E-state index contributed by atoms with van der Waals surface area (Å²) in [4.78, 5) is 4.21. The number of ether oxygens (including phenoxy) is 1. The van der Waals surface area contributed by atoms with E-state index in [2.05, 4.69) is 24.1 Å². The van der Waals surface area contributed by atoms with Gasteiger partial charge in [0.25, 0.3) is 0 Å². The van der Waals surface area contributed by atoms with Crippen LogP contribution in [0.25, 0.3) is 0 Å². The van der Waals surface area contributed by atoms with Crippen LogP contribution in [0.2, 0.25) is 0 Å². The van der Waals surface area contributed by atoms with Crippen LogP contribution in [0.5, 0.6) is 0 Å². The lowest BCUT2D eigenvalue weighted by Crippen LogP contribution is -2.15. The van der Waals surface area contributed by atoms with Crippen LogP contribution in [0.4, 0.5) is 5.95 Å². The first-order valence-corrected chi connectivity index (χ1v) is 4.50. The predicted octanol–water partition coefficient (Wildman–Crippen LogP) is 1.35. The summed E-state index contributed by atoms with van der Waals surface area (Å²) in [5.41, 5.74) is 0. The molecule has 0 amide bonds. The highest BCUT2D eigenvalue weighted by molar-refractivity contribution is 5.26. The molecule has 13 heavy (non-hydrogen) atoms. The van der Waals surface area contributed by atoms with Gasteiger partial charge in [0.05, 0.1) is 6.61 Å². The minimum Gasteiger partial charge on any atom is -0.383 e. The molecule has 0 aliphatic rings.